The largest absolute Gasteiger partial charge is 0.480 e. The molecule has 0 spiro atoms. The maximum Gasteiger partial charge on any atom is 0.326 e. The van der Waals surface area contributed by atoms with E-state index in [1.54, 1.807) is 24.6 Å². The number of fused-ring (bicyclic) bond motifs is 14. The molecule has 8 rings (SSSR count). The summed E-state index contributed by atoms with van der Waals surface area (Å²) in [5, 5.41) is 30.6. The first-order valence-corrected chi connectivity index (χ1v) is 25.5. The Balaban J connectivity index is 1.41. The van der Waals surface area contributed by atoms with Crippen LogP contribution in [-0.2, 0) is 56.0 Å². The van der Waals surface area contributed by atoms with E-state index in [-0.39, 0.29) is 93.9 Å². The SMILES string of the molecule is CC(C)C[C@@H]1NC(=O)[C@@H](NC(=O)[C@@H]2CCC(=O)N2)[C@H](C(C)C)c2ccc3c4c([nH]c3c2)-n2cnc(c2)C[C@H](C(=O)O)NC(=O)[C@@H](CCCN=C(N)N)NC(=O)C2CCCN2C(=O)[C@H](C4)NC(=O)[C@H](C(C)C)NC1=O. The van der Waals surface area contributed by atoms with Gasteiger partial charge in [-0.25, -0.2) is 9.78 Å². The van der Waals surface area contributed by atoms with E-state index in [1.807, 2.05) is 45.9 Å². The standard InChI is InChI=1S/C50H70N14O10/c1-23(2)17-33-44(68)61-39(25(5)6)46(70)59-34-20-29-28-12-11-26(38(24(3)4)40(47(71)58-33)62-43(67)31-13-14-37(65)55-31)18-32(28)56-41(29)63-21-27(54-22-63)19-35(49(73)74)60-42(66)30(9-7-15-53-50(51)52)57-45(69)36-10-8-16-64(36)48(34)72/h11-12,18,21-25,30-31,33-36,38-40,56H,7-10,13-17,19-20H2,1-6H3,(H,55,65)(H,57,69)(H,58,71)(H,59,70)(H,60,66)(H,61,68)(H,62,67)(H,73,74)(H4,51,52,53)/t30-,31+,33+,34+,35-,36?,38-,39+,40+/m1/s1. The van der Waals surface area contributed by atoms with Crippen molar-refractivity contribution in [2.75, 3.05) is 13.1 Å². The highest BCUT2D eigenvalue weighted by atomic mass is 16.4. The van der Waals surface area contributed by atoms with Crippen LogP contribution in [0.3, 0.4) is 0 Å². The molecule has 2 aromatic heterocycles. The van der Waals surface area contributed by atoms with Crippen LogP contribution >= 0.6 is 0 Å². The van der Waals surface area contributed by atoms with Crippen LogP contribution in [0, 0.1) is 17.8 Å². The summed E-state index contributed by atoms with van der Waals surface area (Å²) in [6, 6.07) is -4.35. The molecule has 24 heteroatoms. The van der Waals surface area contributed by atoms with E-state index >= 15 is 4.79 Å². The Morgan fingerprint density at radius 3 is 2.23 bits per heavy atom. The van der Waals surface area contributed by atoms with Gasteiger partial charge in [0.2, 0.25) is 47.3 Å². The average molecular weight is 1030 g/mol. The maximum atomic E-state index is 15.3. The summed E-state index contributed by atoms with van der Waals surface area (Å²) < 4.78 is 1.61. The molecular weight excluding hydrogens is 957 g/mol. The lowest BCUT2D eigenvalue weighted by Crippen LogP contribution is -2.61. The topological polar surface area (TPSA) is 359 Å². The van der Waals surface area contributed by atoms with E-state index in [1.165, 1.54) is 11.2 Å². The zero-order valence-electron chi connectivity index (χ0n) is 42.7. The minimum Gasteiger partial charge on any atom is -0.480 e. The smallest absolute Gasteiger partial charge is 0.326 e. The van der Waals surface area contributed by atoms with Gasteiger partial charge in [-0.1, -0.05) is 53.7 Å². The second-order valence-electron chi connectivity index (χ2n) is 20.9. The van der Waals surface area contributed by atoms with Crippen molar-refractivity contribution < 1.29 is 48.3 Å². The molecule has 2 fully saturated rings. The van der Waals surface area contributed by atoms with E-state index in [2.05, 4.69) is 52.2 Å². The van der Waals surface area contributed by atoms with Gasteiger partial charge in [-0.3, -0.25) is 47.9 Å². The summed E-state index contributed by atoms with van der Waals surface area (Å²) in [5.74, 6) is -7.88. The second kappa shape index (κ2) is 23.1. The van der Waals surface area contributed by atoms with Gasteiger partial charge in [0.15, 0.2) is 5.96 Å². The quantitative estimate of drug-likeness (QED) is 0.0487. The number of nitrogens with two attached hydrogens (primary N) is 2. The molecule has 8 amide bonds. The van der Waals surface area contributed by atoms with Gasteiger partial charge in [0.05, 0.1) is 5.69 Å². The molecule has 0 aliphatic carbocycles. The molecule has 13 N–H and O–H groups in total. The van der Waals surface area contributed by atoms with Crippen LogP contribution in [0.1, 0.15) is 109 Å². The van der Waals surface area contributed by atoms with Gasteiger partial charge < -0.3 is 63.7 Å². The predicted molar refractivity (Wildman–Crippen MR) is 270 cm³/mol. The third kappa shape index (κ3) is 12.4. The number of guanidine groups is 1. The minimum absolute atomic E-state index is 0.00936. The van der Waals surface area contributed by atoms with Gasteiger partial charge >= 0.3 is 5.97 Å². The number of rotatable bonds is 11. The number of H-pyrrole nitrogens is 1. The molecule has 3 aromatic rings. The molecule has 7 bridgehead atoms. The van der Waals surface area contributed by atoms with Gasteiger partial charge in [0, 0.05) is 60.9 Å². The van der Waals surface area contributed by atoms with Crippen molar-refractivity contribution >= 4 is 70.1 Å². The minimum atomic E-state index is -1.49. The normalized spacial score (nSPS) is 26.3. The number of carbonyl (C=O) groups excluding carboxylic acids is 8. The Hall–Kier alpha value is -7.53. The maximum absolute atomic E-state index is 15.3. The molecule has 7 heterocycles. The molecule has 5 aliphatic rings. The zero-order chi connectivity index (χ0) is 53.7. The predicted octanol–water partition coefficient (Wildman–Crippen LogP) is -0.776. The number of aliphatic carboxylic acids is 1. The van der Waals surface area contributed by atoms with Crippen molar-refractivity contribution in [1.82, 2.24) is 56.7 Å². The van der Waals surface area contributed by atoms with Crippen LogP contribution in [0.4, 0.5) is 0 Å². The molecule has 24 nitrogen and oxygen atoms in total. The van der Waals surface area contributed by atoms with Crippen molar-refractivity contribution in [1.29, 1.82) is 0 Å². The number of nitrogens with one attached hydrogen (secondary N) is 8. The first-order valence-electron chi connectivity index (χ1n) is 25.5. The fourth-order valence-corrected chi connectivity index (χ4v) is 10.5. The molecule has 5 aliphatic heterocycles. The van der Waals surface area contributed by atoms with E-state index in [0.717, 1.165) is 0 Å². The summed E-state index contributed by atoms with van der Waals surface area (Å²) in [5.41, 5.74) is 12.9. The van der Waals surface area contributed by atoms with Crippen molar-refractivity contribution in [3.8, 4) is 5.82 Å². The first-order chi connectivity index (χ1) is 35.1. The number of carboxylic acid groups (broad SMARTS) is 1. The molecule has 0 radical (unpaired) electrons. The number of amides is 8. The molecule has 400 valence electrons. The van der Waals surface area contributed by atoms with E-state index in [4.69, 9.17) is 11.5 Å². The lowest BCUT2D eigenvalue weighted by atomic mass is 9.81. The number of hydrogen-bond donors (Lipinski definition) is 11. The van der Waals surface area contributed by atoms with Crippen molar-refractivity contribution in [2.24, 2.45) is 34.2 Å². The number of aliphatic imine (C=N–C) groups is 1. The highest BCUT2D eigenvalue weighted by Crippen LogP contribution is 2.35. The second-order valence-corrected chi connectivity index (χ2v) is 20.9. The fourth-order valence-electron chi connectivity index (χ4n) is 10.5. The van der Waals surface area contributed by atoms with Crippen LogP contribution in [0.2, 0.25) is 0 Å². The van der Waals surface area contributed by atoms with E-state index in [9.17, 15) is 43.5 Å². The number of hydrogen-bond acceptors (Lipinski definition) is 11. The molecule has 9 atom stereocenters. The third-order valence-electron chi connectivity index (χ3n) is 14.2. The van der Waals surface area contributed by atoms with Crippen molar-refractivity contribution in [2.45, 2.75) is 154 Å². The molecule has 1 aromatic carbocycles. The highest BCUT2D eigenvalue weighted by Gasteiger charge is 2.43. The van der Waals surface area contributed by atoms with Crippen LogP contribution < -0.4 is 48.7 Å². The highest BCUT2D eigenvalue weighted by molar-refractivity contribution is 6.00. The summed E-state index contributed by atoms with van der Waals surface area (Å²) >= 11 is 0. The summed E-state index contributed by atoms with van der Waals surface area (Å²) in [4.78, 5) is 140. The van der Waals surface area contributed by atoms with Gasteiger partial charge in [-0.15, -0.1) is 0 Å². The first kappa shape index (κ1) is 54.2. The number of carboxylic acids is 1. The molecule has 0 saturated carbocycles. The molecule has 1 unspecified atom stereocenters. The fraction of sp³-hybridized carbons (Fsp3) is 0.580. The zero-order valence-corrected chi connectivity index (χ0v) is 42.7. The number of aromatic amines is 1. The Labute approximate surface area is 428 Å². The van der Waals surface area contributed by atoms with Crippen LogP contribution in [0.25, 0.3) is 16.7 Å². The van der Waals surface area contributed by atoms with Gasteiger partial charge in [0.1, 0.15) is 60.5 Å². The third-order valence-corrected chi connectivity index (χ3v) is 14.2. The number of benzene rings is 1. The van der Waals surface area contributed by atoms with Crippen LogP contribution in [0.5, 0.6) is 0 Å². The summed E-state index contributed by atoms with van der Waals surface area (Å²) in [6.07, 6.45) is 3.94. The summed E-state index contributed by atoms with van der Waals surface area (Å²) in [7, 11) is 0. The number of carbonyl (C=O) groups is 9. The Kier molecular flexibility index (Phi) is 17.0. The Morgan fingerprint density at radius 1 is 0.838 bits per heavy atom. The monoisotopic (exact) mass is 1030 g/mol. The number of imidazole rings is 1. The Bertz CT molecular complexity index is 2690. The van der Waals surface area contributed by atoms with Gasteiger partial charge in [-0.2, -0.15) is 0 Å². The van der Waals surface area contributed by atoms with E-state index < -0.39 is 107 Å². The van der Waals surface area contributed by atoms with Gasteiger partial charge in [-0.05, 0) is 67.9 Å². The van der Waals surface area contributed by atoms with E-state index in [0.29, 0.717) is 34.3 Å². The lowest BCUT2D eigenvalue weighted by molar-refractivity contribution is -0.143. The number of nitrogens with zero attached hydrogens (tertiary/aromatic N) is 4. The van der Waals surface area contributed by atoms with Gasteiger partial charge in [0.25, 0.3) is 0 Å². The number of aromatic nitrogens is 3. The molecule has 2 saturated heterocycles. The van der Waals surface area contributed by atoms with Crippen molar-refractivity contribution in [3.63, 3.8) is 0 Å². The lowest BCUT2D eigenvalue weighted by Gasteiger charge is -2.33. The molecule has 74 heavy (non-hydrogen) atoms. The molecular formula is C50H70N14O10. The van der Waals surface area contributed by atoms with Crippen LogP contribution in [-0.4, -0.2) is 145 Å². The Morgan fingerprint density at radius 2 is 1.57 bits per heavy atom. The average Bonchev–Trinajstić information content (AvgIpc) is 4.17. The van der Waals surface area contributed by atoms with Crippen molar-refractivity contribution in [3.05, 3.63) is 47.5 Å². The van der Waals surface area contributed by atoms with Crippen LogP contribution in [0.15, 0.2) is 35.7 Å². The summed E-state index contributed by atoms with van der Waals surface area (Å²) in [6.45, 7) is 11.2.